The smallest absolute Gasteiger partial charge is 0.303 e. The van der Waals surface area contributed by atoms with Crippen LogP contribution in [-0.4, -0.2) is 19.1 Å². The molecule has 1 aliphatic heterocycles. The van der Waals surface area contributed by atoms with Gasteiger partial charge in [0.1, 0.15) is 8.07 Å². The van der Waals surface area contributed by atoms with Crippen LogP contribution >= 0.6 is 0 Å². The molecule has 1 aromatic carbocycles. The van der Waals surface area contributed by atoms with Crippen LogP contribution < -0.4 is 5.19 Å². The van der Waals surface area contributed by atoms with E-state index in [1.54, 1.807) is 0 Å². The predicted molar refractivity (Wildman–Crippen MR) is 81.2 cm³/mol. The summed E-state index contributed by atoms with van der Waals surface area (Å²) < 4.78 is 0. The molecule has 1 aromatic rings. The largest absolute Gasteiger partial charge is 0.481 e. The lowest BCUT2D eigenvalue weighted by molar-refractivity contribution is -0.137. The van der Waals surface area contributed by atoms with Gasteiger partial charge in [0.05, 0.1) is 6.42 Å². The number of rotatable bonds is 3. The first-order chi connectivity index (χ1) is 8.85. The van der Waals surface area contributed by atoms with E-state index in [1.807, 2.05) is 6.07 Å². The fourth-order valence-electron chi connectivity index (χ4n) is 3.15. The van der Waals surface area contributed by atoms with Gasteiger partial charge in [-0.25, -0.2) is 0 Å². The third-order valence-electron chi connectivity index (χ3n) is 4.30. The van der Waals surface area contributed by atoms with Crippen molar-refractivity contribution in [3.63, 3.8) is 0 Å². The third kappa shape index (κ3) is 2.66. The Morgan fingerprint density at radius 2 is 1.95 bits per heavy atom. The zero-order chi connectivity index (χ0) is 14.1. The van der Waals surface area contributed by atoms with Gasteiger partial charge in [0.15, 0.2) is 0 Å². The molecule has 1 heterocycles. The van der Waals surface area contributed by atoms with Gasteiger partial charge in [-0.05, 0) is 17.0 Å². The molecule has 0 saturated carbocycles. The van der Waals surface area contributed by atoms with Crippen LogP contribution in [0.25, 0.3) is 0 Å². The van der Waals surface area contributed by atoms with E-state index in [9.17, 15) is 4.79 Å². The second kappa shape index (κ2) is 4.97. The van der Waals surface area contributed by atoms with Crippen molar-refractivity contribution in [2.24, 2.45) is 5.92 Å². The van der Waals surface area contributed by atoms with Gasteiger partial charge in [0.2, 0.25) is 0 Å². The van der Waals surface area contributed by atoms with Gasteiger partial charge >= 0.3 is 5.97 Å². The Morgan fingerprint density at radius 1 is 1.32 bits per heavy atom. The molecule has 2 atom stereocenters. The van der Waals surface area contributed by atoms with Crippen LogP contribution in [0.15, 0.2) is 42.1 Å². The number of hydrogen-bond acceptors (Lipinski definition) is 1. The van der Waals surface area contributed by atoms with E-state index in [4.69, 9.17) is 5.11 Å². The molecule has 1 aliphatic rings. The van der Waals surface area contributed by atoms with Crippen molar-refractivity contribution in [2.45, 2.75) is 38.3 Å². The number of carbonyl (C=O) groups is 1. The second-order valence-electron chi connectivity index (χ2n) is 6.51. The summed E-state index contributed by atoms with van der Waals surface area (Å²) in [5, 5.41) is 10.6. The summed E-state index contributed by atoms with van der Waals surface area (Å²) in [5.41, 5.74) is 2.37. The summed E-state index contributed by atoms with van der Waals surface area (Å²) in [7, 11) is -1.78. The first-order valence-corrected chi connectivity index (χ1v) is 9.10. The number of carboxylic acids is 1. The highest BCUT2D eigenvalue weighted by Gasteiger charge is 2.47. The van der Waals surface area contributed by atoms with Gasteiger partial charge in [-0.15, -0.1) is 0 Å². The first kappa shape index (κ1) is 14.1. The average molecular weight is 274 g/mol. The maximum atomic E-state index is 10.9. The maximum absolute atomic E-state index is 10.9. The normalized spacial score (nSPS) is 26.6. The summed E-state index contributed by atoms with van der Waals surface area (Å²) in [6.07, 6.45) is 2.41. The first-order valence-electron chi connectivity index (χ1n) is 6.82. The highest BCUT2D eigenvalue weighted by atomic mass is 28.3. The summed E-state index contributed by atoms with van der Waals surface area (Å²) in [5.74, 6) is -0.495. The molecular weight excluding hydrogens is 252 g/mol. The topological polar surface area (TPSA) is 37.3 Å². The van der Waals surface area contributed by atoms with Gasteiger partial charge in [0.25, 0.3) is 0 Å². The fourth-order valence-corrected chi connectivity index (χ4v) is 8.19. The van der Waals surface area contributed by atoms with Crippen LogP contribution in [0.4, 0.5) is 0 Å². The van der Waals surface area contributed by atoms with Crippen molar-refractivity contribution in [3.05, 3.63) is 42.1 Å². The lowest BCUT2D eigenvalue weighted by Crippen LogP contribution is -2.52. The monoisotopic (exact) mass is 274 g/mol. The van der Waals surface area contributed by atoms with Gasteiger partial charge < -0.3 is 5.11 Å². The molecule has 2 nitrogen and oxygen atoms in total. The molecule has 1 N–H and O–H groups in total. The Balaban J connectivity index is 2.36. The second-order valence-corrected chi connectivity index (χ2v) is 11.3. The molecule has 0 saturated heterocycles. The van der Waals surface area contributed by atoms with Crippen LogP contribution in [0, 0.1) is 5.92 Å². The predicted octanol–water partition coefficient (Wildman–Crippen LogP) is 3.34. The summed E-state index contributed by atoms with van der Waals surface area (Å²) in [6, 6.07) is 11.7. The van der Waals surface area contributed by atoms with Crippen molar-refractivity contribution >= 4 is 19.2 Å². The van der Waals surface area contributed by atoms with E-state index < -0.39 is 14.0 Å². The maximum Gasteiger partial charge on any atom is 0.303 e. The Hall–Kier alpha value is -1.35. The van der Waals surface area contributed by atoms with Crippen molar-refractivity contribution < 1.29 is 9.90 Å². The molecule has 2 rings (SSSR count). The van der Waals surface area contributed by atoms with Gasteiger partial charge in [-0.3, -0.25) is 4.79 Å². The number of benzene rings is 1. The minimum atomic E-state index is -1.78. The molecule has 0 bridgehead atoms. The van der Waals surface area contributed by atoms with Gasteiger partial charge in [-0.1, -0.05) is 68.1 Å². The number of hydrogen-bond donors (Lipinski definition) is 1. The van der Waals surface area contributed by atoms with Gasteiger partial charge in [-0.2, -0.15) is 0 Å². The van der Waals surface area contributed by atoms with E-state index in [2.05, 4.69) is 56.8 Å². The van der Waals surface area contributed by atoms with Crippen LogP contribution in [0.5, 0.6) is 0 Å². The molecule has 0 spiro atoms. The van der Waals surface area contributed by atoms with E-state index in [-0.39, 0.29) is 17.4 Å². The molecule has 0 fully saturated rings. The molecule has 3 heteroatoms. The minimum absolute atomic E-state index is 0.198. The van der Waals surface area contributed by atoms with E-state index in [0.29, 0.717) is 0 Å². The minimum Gasteiger partial charge on any atom is -0.481 e. The van der Waals surface area contributed by atoms with Crippen molar-refractivity contribution in [1.29, 1.82) is 0 Å². The van der Waals surface area contributed by atoms with Crippen molar-refractivity contribution in [3.8, 4) is 0 Å². The van der Waals surface area contributed by atoms with E-state index in [1.165, 1.54) is 5.19 Å². The highest BCUT2D eigenvalue weighted by molar-refractivity contribution is 6.98. The van der Waals surface area contributed by atoms with Crippen molar-refractivity contribution in [2.75, 3.05) is 0 Å². The lowest BCUT2D eigenvalue weighted by Gasteiger charge is -2.40. The number of allylic oxidation sites excluding steroid dienone is 1. The zero-order valence-electron chi connectivity index (χ0n) is 11.9. The van der Waals surface area contributed by atoms with Crippen LogP contribution in [0.1, 0.15) is 27.2 Å². The summed E-state index contributed by atoms with van der Waals surface area (Å²) in [4.78, 5) is 10.9. The fraction of sp³-hybridized carbons (Fsp3) is 0.438. The molecule has 19 heavy (non-hydrogen) atoms. The summed E-state index contributed by atoms with van der Waals surface area (Å²) >= 11 is 0. The molecule has 0 aromatic heterocycles. The summed E-state index contributed by atoms with van der Waals surface area (Å²) in [6.45, 7) is 6.87. The quantitative estimate of drug-likeness (QED) is 0.858. The van der Waals surface area contributed by atoms with E-state index in [0.717, 1.165) is 6.04 Å². The SMILES string of the molecule is CC(C)(C)[Si@@]1(c2ccccc2)C=C[C@@H](CC(=O)O)C1. The Morgan fingerprint density at radius 3 is 2.47 bits per heavy atom. The standard InChI is InChI=1S/C16H22O2Si/c1-16(2,3)19(14-7-5-4-6-8-14)10-9-13(12-19)11-15(17)18/h4-10,13H,11-12H2,1-3H3,(H,17,18)/t13-,19-/m0/s1. The van der Waals surface area contributed by atoms with Crippen LogP contribution in [-0.2, 0) is 4.79 Å². The molecule has 0 aliphatic carbocycles. The highest BCUT2D eigenvalue weighted by Crippen LogP contribution is 2.45. The lowest BCUT2D eigenvalue weighted by atomic mass is 10.1. The number of carboxylic acid groups (broad SMARTS) is 1. The number of aliphatic carboxylic acids is 1. The Bertz CT molecular complexity index is 487. The van der Waals surface area contributed by atoms with Crippen LogP contribution in [0.2, 0.25) is 11.1 Å². The van der Waals surface area contributed by atoms with Crippen molar-refractivity contribution in [1.82, 2.24) is 0 Å². The third-order valence-corrected chi connectivity index (χ3v) is 10.3. The molecule has 0 unspecified atom stereocenters. The zero-order valence-corrected chi connectivity index (χ0v) is 12.9. The molecule has 0 amide bonds. The average Bonchev–Trinajstić information content (AvgIpc) is 2.74. The molecule has 102 valence electrons. The van der Waals surface area contributed by atoms with Crippen LogP contribution in [0.3, 0.4) is 0 Å². The Labute approximate surface area is 116 Å². The van der Waals surface area contributed by atoms with Gasteiger partial charge in [0, 0.05) is 0 Å². The van der Waals surface area contributed by atoms with E-state index >= 15 is 0 Å². The molecular formula is C16H22O2Si. The Kier molecular flexibility index (Phi) is 3.68. The molecule has 0 radical (unpaired) electrons.